The standard InChI is InChI=1S/C20H21F2N5O/c1-12(2)27-18-10-23-7-5-16(18)24-19(27)13-6-8-26(11-13)20(28)25-17-9-14(21)3-4-15(17)22/h3-5,7,9-10,12-13H,6,8,11H2,1-2H3,(H,25,28)/t13-/m1/s1. The monoisotopic (exact) mass is 385 g/mol. The Bertz CT molecular complexity index is 1030. The van der Waals surface area contributed by atoms with Crippen LogP contribution >= 0.6 is 0 Å². The molecule has 3 heterocycles. The van der Waals surface area contributed by atoms with E-state index in [1.165, 1.54) is 0 Å². The Morgan fingerprint density at radius 3 is 2.89 bits per heavy atom. The molecule has 1 atom stereocenters. The Labute approximate surface area is 161 Å². The molecule has 8 heteroatoms. The molecular formula is C20H21F2N5O. The van der Waals surface area contributed by atoms with Gasteiger partial charge in [-0.25, -0.2) is 18.6 Å². The number of pyridine rings is 1. The zero-order valence-corrected chi connectivity index (χ0v) is 15.7. The predicted molar refractivity (Wildman–Crippen MR) is 102 cm³/mol. The third-order valence-corrected chi connectivity index (χ3v) is 5.05. The minimum absolute atomic E-state index is 0.0675. The average Bonchev–Trinajstić information content (AvgIpc) is 3.29. The van der Waals surface area contributed by atoms with Crippen LogP contribution in [0.4, 0.5) is 19.3 Å². The lowest BCUT2D eigenvalue weighted by Crippen LogP contribution is -2.33. The van der Waals surface area contributed by atoms with Gasteiger partial charge in [-0.15, -0.1) is 0 Å². The number of halogens is 2. The largest absolute Gasteiger partial charge is 0.324 e. The molecule has 0 spiro atoms. The number of rotatable bonds is 3. The molecule has 2 amide bonds. The molecule has 1 aliphatic rings. The number of nitrogens with zero attached hydrogens (tertiary/aromatic N) is 4. The van der Waals surface area contributed by atoms with Crippen LogP contribution in [0.3, 0.4) is 0 Å². The predicted octanol–water partition coefficient (Wildman–Crippen LogP) is 4.31. The van der Waals surface area contributed by atoms with Gasteiger partial charge >= 0.3 is 6.03 Å². The summed E-state index contributed by atoms with van der Waals surface area (Å²) in [6.45, 7) is 5.16. The molecule has 1 fully saturated rings. The lowest BCUT2D eigenvalue weighted by molar-refractivity contribution is 0.221. The minimum atomic E-state index is -0.667. The summed E-state index contributed by atoms with van der Waals surface area (Å²) in [4.78, 5) is 23.1. The van der Waals surface area contributed by atoms with Gasteiger partial charge in [-0.2, -0.15) is 0 Å². The number of aromatic nitrogens is 3. The number of anilines is 1. The summed E-state index contributed by atoms with van der Waals surface area (Å²) in [6, 6.07) is 4.63. The Balaban J connectivity index is 1.54. The fraction of sp³-hybridized carbons (Fsp3) is 0.350. The maximum atomic E-state index is 13.8. The van der Waals surface area contributed by atoms with E-state index in [2.05, 4.69) is 28.7 Å². The van der Waals surface area contributed by atoms with Crippen molar-refractivity contribution in [3.63, 3.8) is 0 Å². The fourth-order valence-corrected chi connectivity index (χ4v) is 3.73. The molecule has 0 aliphatic carbocycles. The molecule has 3 aromatic rings. The van der Waals surface area contributed by atoms with E-state index in [4.69, 9.17) is 4.98 Å². The van der Waals surface area contributed by atoms with E-state index < -0.39 is 17.7 Å². The second-order valence-corrected chi connectivity index (χ2v) is 7.28. The smallest absolute Gasteiger partial charge is 0.321 e. The number of hydrogen-bond acceptors (Lipinski definition) is 3. The van der Waals surface area contributed by atoms with E-state index in [9.17, 15) is 13.6 Å². The second kappa shape index (κ2) is 7.18. The van der Waals surface area contributed by atoms with Crippen LogP contribution in [0.2, 0.25) is 0 Å². The van der Waals surface area contributed by atoms with Crippen molar-refractivity contribution in [3.05, 3.63) is 54.1 Å². The molecule has 1 saturated heterocycles. The summed E-state index contributed by atoms with van der Waals surface area (Å²) in [5.41, 5.74) is 1.69. The van der Waals surface area contributed by atoms with Gasteiger partial charge in [0, 0.05) is 37.3 Å². The number of likely N-dealkylation sites (tertiary alicyclic amines) is 1. The summed E-state index contributed by atoms with van der Waals surface area (Å²) in [5, 5.41) is 2.46. The fourth-order valence-electron chi connectivity index (χ4n) is 3.73. The molecule has 28 heavy (non-hydrogen) atoms. The van der Waals surface area contributed by atoms with Crippen LogP contribution in [0.5, 0.6) is 0 Å². The van der Waals surface area contributed by atoms with Crippen molar-refractivity contribution >= 4 is 22.8 Å². The summed E-state index contributed by atoms with van der Waals surface area (Å²) in [7, 11) is 0. The molecule has 1 aromatic carbocycles. The zero-order chi connectivity index (χ0) is 19.8. The van der Waals surface area contributed by atoms with Gasteiger partial charge in [0.25, 0.3) is 0 Å². The first-order valence-corrected chi connectivity index (χ1v) is 9.27. The van der Waals surface area contributed by atoms with Gasteiger partial charge in [0.05, 0.1) is 22.9 Å². The minimum Gasteiger partial charge on any atom is -0.324 e. The van der Waals surface area contributed by atoms with E-state index in [0.717, 1.165) is 41.5 Å². The highest BCUT2D eigenvalue weighted by atomic mass is 19.1. The van der Waals surface area contributed by atoms with Crippen molar-refractivity contribution in [2.24, 2.45) is 0 Å². The van der Waals surface area contributed by atoms with Crippen molar-refractivity contribution < 1.29 is 13.6 Å². The molecule has 0 saturated carbocycles. The van der Waals surface area contributed by atoms with E-state index in [-0.39, 0.29) is 17.6 Å². The number of nitrogens with one attached hydrogen (secondary N) is 1. The molecule has 146 valence electrons. The number of carbonyl (C=O) groups is 1. The first-order chi connectivity index (χ1) is 13.4. The van der Waals surface area contributed by atoms with Gasteiger partial charge in [-0.3, -0.25) is 4.98 Å². The lowest BCUT2D eigenvalue weighted by atomic mass is 10.1. The molecule has 1 N–H and O–H groups in total. The van der Waals surface area contributed by atoms with Crippen molar-refractivity contribution in [2.75, 3.05) is 18.4 Å². The van der Waals surface area contributed by atoms with Crippen LogP contribution in [-0.4, -0.2) is 38.6 Å². The summed E-state index contributed by atoms with van der Waals surface area (Å²) in [6.07, 6.45) is 4.27. The highest BCUT2D eigenvalue weighted by Gasteiger charge is 2.31. The number of urea groups is 1. The number of fused-ring (bicyclic) bond motifs is 1. The molecule has 2 aromatic heterocycles. The van der Waals surface area contributed by atoms with Crippen LogP contribution in [0.25, 0.3) is 11.0 Å². The highest BCUT2D eigenvalue weighted by molar-refractivity contribution is 5.89. The van der Waals surface area contributed by atoms with Crippen LogP contribution in [-0.2, 0) is 0 Å². The zero-order valence-electron chi connectivity index (χ0n) is 15.7. The van der Waals surface area contributed by atoms with Gasteiger partial charge in [-0.1, -0.05) is 0 Å². The van der Waals surface area contributed by atoms with Crippen LogP contribution < -0.4 is 5.32 Å². The number of benzene rings is 1. The molecule has 4 rings (SSSR count). The van der Waals surface area contributed by atoms with Gasteiger partial charge in [0.1, 0.15) is 17.5 Å². The summed E-state index contributed by atoms with van der Waals surface area (Å²) in [5.74, 6) is -0.280. The Hall–Kier alpha value is -3.03. The maximum Gasteiger partial charge on any atom is 0.321 e. The normalized spacial score (nSPS) is 16.9. The van der Waals surface area contributed by atoms with Crippen molar-refractivity contribution in [2.45, 2.75) is 32.2 Å². The van der Waals surface area contributed by atoms with Crippen molar-refractivity contribution in [1.29, 1.82) is 0 Å². The Morgan fingerprint density at radius 1 is 1.29 bits per heavy atom. The first kappa shape index (κ1) is 18.3. The Morgan fingerprint density at radius 2 is 2.11 bits per heavy atom. The van der Waals surface area contributed by atoms with Crippen LogP contribution in [0.1, 0.15) is 38.1 Å². The summed E-state index contributed by atoms with van der Waals surface area (Å²) >= 11 is 0. The number of amides is 2. The molecule has 6 nitrogen and oxygen atoms in total. The average molecular weight is 385 g/mol. The van der Waals surface area contributed by atoms with Gasteiger partial charge in [-0.05, 0) is 38.5 Å². The summed E-state index contributed by atoms with van der Waals surface area (Å²) < 4.78 is 29.3. The number of hydrogen-bond donors (Lipinski definition) is 1. The molecule has 0 bridgehead atoms. The quantitative estimate of drug-likeness (QED) is 0.731. The molecular weight excluding hydrogens is 364 g/mol. The van der Waals surface area contributed by atoms with Gasteiger partial charge in [0.15, 0.2) is 0 Å². The van der Waals surface area contributed by atoms with Gasteiger partial charge < -0.3 is 14.8 Å². The highest BCUT2D eigenvalue weighted by Crippen LogP contribution is 2.32. The van der Waals surface area contributed by atoms with Gasteiger partial charge in [0.2, 0.25) is 0 Å². The first-order valence-electron chi connectivity index (χ1n) is 9.27. The van der Waals surface area contributed by atoms with Crippen molar-refractivity contribution in [3.8, 4) is 0 Å². The second-order valence-electron chi connectivity index (χ2n) is 7.28. The van der Waals surface area contributed by atoms with E-state index in [1.807, 2.05) is 6.07 Å². The van der Waals surface area contributed by atoms with E-state index >= 15 is 0 Å². The third kappa shape index (κ3) is 3.30. The lowest BCUT2D eigenvalue weighted by Gasteiger charge is -2.19. The van der Waals surface area contributed by atoms with Crippen molar-refractivity contribution in [1.82, 2.24) is 19.4 Å². The van der Waals surface area contributed by atoms with E-state index in [1.54, 1.807) is 17.3 Å². The Kier molecular flexibility index (Phi) is 4.70. The molecule has 1 aliphatic heterocycles. The molecule has 0 unspecified atom stereocenters. The van der Waals surface area contributed by atoms with E-state index in [0.29, 0.717) is 13.1 Å². The van der Waals surface area contributed by atoms with Crippen LogP contribution in [0, 0.1) is 11.6 Å². The maximum absolute atomic E-state index is 13.8. The van der Waals surface area contributed by atoms with Crippen LogP contribution in [0.15, 0.2) is 36.7 Å². The third-order valence-electron chi connectivity index (χ3n) is 5.05. The topological polar surface area (TPSA) is 63.1 Å². The number of imidazole rings is 1. The molecule has 0 radical (unpaired) electrons. The SMILES string of the molecule is CC(C)n1c([C@@H]2CCN(C(=O)Nc3cc(F)ccc3F)C2)nc2ccncc21. The number of carbonyl (C=O) groups excluding carboxylic acids is 1.